The Labute approximate surface area is 238 Å². The summed E-state index contributed by atoms with van der Waals surface area (Å²) in [5.41, 5.74) is 2.10. The summed E-state index contributed by atoms with van der Waals surface area (Å²) in [6, 6.07) is 15.7. The fourth-order valence-electron chi connectivity index (χ4n) is 3.82. The molecule has 10 nitrogen and oxygen atoms in total. The standard InChI is InChI=1S/C20H12O5.C6H7NO4.2CH2S/c21-11-5-7-15-17(9-11)25-18-10-12(22)6-8-16(18)19(15)13-3-1-2-4-14(13)20(23)24;1-4(8)11-7-5(9)2-3-6(7)10;2*1-2/h1-10,21H,(H,23,24);2-3H2,1H3;2*1H2. The van der Waals surface area contributed by atoms with Crippen LogP contribution in [0.5, 0.6) is 5.75 Å². The Bertz CT molecular complexity index is 1580. The predicted molar refractivity (Wildman–Crippen MR) is 155 cm³/mol. The first-order chi connectivity index (χ1) is 19.2. The van der Waals surface area contributed by atoms with Crippen LogP contribution in [0.3, 0.4) is 0 Å². The molecule has 2 amide bonds. The lowest BCUT2D eigenvalue weighted by Crippen LogP contribution is -2.30. The fraction of sp³-hybridized carbons (Fsp3) is 0.107. The van der Waals surface area contributed by atoms with Crippen molar-refractivity contribution in [2.45, 2.75) is 19.8 Å². The van der Waals surface area contributed by atoms with Crippen LogP contribution in [0.4, 0.5) is 0 Å². The lowest BCUT2D eigenvalue weighted by atomic mass is 9.91. The molecule has 1 saturated heterocycles. The summed E-state index contributed by atoms with van der Waals surface area (Å²) in [4.78, 5) is 59.5. The first-order valence-electron chi connectivity index (χ1n) is 11.3. The number of phenols is 1. The zero-order chi connectivity index (χ0) is 30.0. The van der Waals surface area contributed by atoms with Gasteiger partial charge in [-0.05, 0) is 47.6 Å². The van der Waals surface area contributed by atoms with Gasteiger partial charge in [0.05, 0.1) is 5.56 Å². The van der Waals surface area contributed by atoms with Crippen LogP contribution in [0.1, 0.15) is 30.1 Å². The van der Waals surface area contributed by atoms with E-state index in [2.05, 4.69) is 41.0 Å². The number of nitrogens with zero attached hydrogens (tertiary/aromatic N) is 1. The van der Waals surface area contributed by atoms with Crippen molar-refractivity contribution in [2.24, 2.45) is 0 Å². The predicted octanol–water partition coefficient (Wildman–Crippen LogP) is 4.81. The number of imide groups is 1. The van der Waals surface area contributed by atoms with Gasteiger partial charge >= 0.3 is 11.9 Å². The highest BCUT2D eigenvalue weighted by molar-refractivity contribution is 7.77. The van der Waals surface area contributed by atoms with E-state index >= 15 is 0 Å². The van der Waals surface area contributed by atoms with Crippen molar-refractivity contribution in [3.63, 3.8) is 0 Å². The van der Waals surface area contributed by atoms with Crippen LogP contribution in [-0.2, 0) is 19.2 Å². The number of hydroxylamine groups is 2. The Balaban J connectivity index is 0.000000314. The number of hydrogen-bond acceptors (Lipinski definition) is 10. The van der Waals surface area contributed by atoms with Crippen LogP contribution in [0.25, 0.3) is 33.4 Å². The lowest BCUT2D eigenvalue weighted by molar-refractivity contribution is -0.195. The van der Waals surface area contributed by atoms with E-state index in [0.717, 1.165) is 6.92 Å². The van der Waals surface area contributed by atoms with E-state index < -0.39 is 23.8 Å². The second kappa shape index (κ2) is 14.4. The Hall–Kier alpha value is -4.81. The van der Waals surface area contributed by atoms with E-state index in [1.807, 2.05) is 0 Å². The highest BCUT2D eigenvalue weighted by atomic mass is 32.1. The quantitative estimate of drug-likeness (QED) is 0.195. The maximum Gasteiger partial charge on any atom is 0.336 e. The molecule has 0 spiro atoms. The van der Waals surface area contributed by atoms with Crippen molar-refractivity contribution < 1.29 is 38.6 Å². The second-order valence-corrected chi connectivity index (χ2v) is 7.83. The molecule has 2 N–H and O–H groups in total. The highest BCUT2D eigenvalue weighted by Gasteiger charge is 2.31. The third-order valence-electron chi connectivity index (χ3n) is 5.33. The Morgan fingerprint density at radius 3 is 2.12 bits per heavy atom. The molecule has 206 valence electrons. The Morgan fingerprint density at radius 2 is 1.52 bits per heavy atom. The molecule has 2 aliphatic heterocycles. The molecule has 2 aromatic carbocycles. The average molecular weight is 582 g/mol. The van der Waals surface area contributed by atoms with Crippen molar-refractivity contribution >= 4 is 70.9 Å². The number of rotatable bonds is 3. The van der Waals surface area contributed by atoms with E-state index in [-0.39, 0.29) is 29.6 Å². The Morgan fingerprint density at radius 1 is 0.900 bits per heavy atom. The number of hydrogen-bond donors (Lipinski definition) is 2. The van der Waals surface area contributed by atoms with Gasteiger partial charge in [-0.15, -0.1) is 5.06 Å². The molecule has 0 bridgehead atoms. The normalized spacial score (nSPS) is 11.9. The van der Waals surface area contributed by atoms with E-state index in [0.29, 0.717) is 38.5 Å². The number of fused-ring (bicyclic) bond motifs is 2. The summed E-state index contributed by atoms with van der Waals surface area (Å²) in [6.45, 7) is 1.14. The van der Waals surface area contributed by atoms with Gasteiger partial charge in [0.15, 0.2) is 5.43 Å². The number of carboxylic acid groups (broad SMARTS) is 1. The van der Waals surface area contributed by atoms with Gasteiger partial charge in [0.25, 0.3) is 11.8 Å². The number of amides is 2. The summed E-state index contributed by atoms with van der Waals surface area (Å²) in [7, 11) is 0. The van der Waals surface area contributed by atoms with Crippen LogP contribution < -0.4 is 5.43 Å². The molecule has 2 aromatic rings. The van der Waals surface area contributed by atoms with Gasteiger partial charge in [-0.25, -0.2) is 9.59 Å². The first-order valence-corrected chi connectivity index (χ1v) is 12.5. The topological polar surface area (TPSA) is 151 Å². The van der Waals surface area contributed by atoms with Crippen molar-refractivity contribution in [1.82, 2.24) is 5.06 Å². The Kier molecular flexibility index (Phi) is 11.3. The lowest BCUT2D eigenvalue weighted by Gasteiger charge is -2.16. The largest absolute Gasteiger partial charge is 0.508 e. The van der Waals surface area contributed by atoms with E-state index in [1.165, 1.54) is 30.3 Å². The van der Waals surface area contributed by atoms with Gasteiger partial charge in [0.2, 0.25) is 0 Å². The number of thiocarbonyl (C=S) groups is 2. The van der Waals surface area contributed by atoms with Crippen molar-refractivity contribution in [2.75, 3.05) is 0 Å². The van der Waals surface area contributed by atoms with Crippen molar-refractivity contribution in [1.29, 1.82) is 0 Å². The molecule has 2 heterocycles. The number of carbonyl (C=O) groups is 4. The van der Waals surface area contributed by atoms with Crippen LogP contribution in [0, 0.1) is 0 Å². The van der Waals surface area contributed by atoms with Crippen LogP contribution >= 0.6 is 24.4 Å². The minimum Gasteiger partial charge on any atom is -0.508 e. The second-order valence-electron chi connectivity index (χ2n) is 7.83. The molecule has 0 aromatic heterocycles. The van der Waals surface area contributed by atoms with Gasteiger partial charge < -0.3 is 19.5 Å². The minimum atomic E-state index is -1.04. The van der Waals surface area contributed by atoms with Crippen LogP contribution in [0.2, 0.25) is 0 Å². The van der Waals surface area contributed by atoms with Gasteiger partial charge in [-0.3, -0.25) is 14.4 Å². The smallest absolute Gasteiger partial charge is 0.336 e. The van der Waals surface area contributed by atoms with Crippen molar-refractivity contribution in [3.8, 4) is 28.2 Å². The molecule has 5 rings (SSSR count). The molecule has 3 aliphatic rings. The summed E-state index contributed by atoms with van der Waals surface area (Å²) in [5, 5.41) is 20.5. The van der Waals surface area contributed by atoms with Gasteiger partial charge in [-0.2, -0.15) is 0 Å². The molecular formula is C28H23NO9S2. The summed E-state index contributed by atoms with van der Waals surface area (Å²) >= 11 is 7.67. The minimum absolute atomic E-state index is 0.0198. The summed E-state index contributed by atoms with van der Waals surface area (Å²) in [6.07, 6.45) is 0.262. The third kappa shape index (κ3) is 7.18. The van der Waals surface area contributed by atoms with E-state index in [1.54, 1.807) is 30.3 Å². The van der Waals surface area contributed by atoms with Crippen LogP contribution in [-0.4, -0.2) is 50.8 Å². The molecule has 0 saturated carbocycles. The SMILES string of the molecule is C=S.C=S.CC(=O)ON1C(=O)CCC1=O.O=C(O)c1ccccc1-c1c2ccc(=O)cc-2oc2cc(O)ccc12. The number of carboxylic acids is 1. The third-order valence-corrected chi connectivity index (χ3v) is 5.33. The molecule has 1 aliphatic carbocycles. The first kappa shape index (κ1) is 31.4. The average Bonchev–Trinajstić information content (AvgIpc) is 3.26. The number of carbonyl (C=O) groups excluding carboxylic acids is 3. The molecule has 12 heteroatoms. The van der Waals surface area contributed by atoms with Gasteiger partial charge in [-0.1, -0.05) is 42.6 Å². The number of aromatic hydroxyl groups is 1. The molecule has 0 atom stereocenters. The number of phenolic OH excluding ortho intramolecular Hbond substituents is 1. The monoisotopic (exact) mass is 581 g/mol. The molecule has 0 unspecified atom stereocenters. The zero-order valence-electron chi connectivity index (χ0n) is 21.1. The summed E-state index contributed by atoms with van der Waals surface area (Å²) < 4.78 is 5.76. The molecule has 0 radical (unpaired) electrons. The maximum atomic E-state index is 11.7. The summed E-state index contributed by atoms with van der Waals surface area (Å²) in [5.74, 6) is 3.41. The molecule has 40 heavy (non-hydrogen) atoms. The number of aromatic carboxylic acids is 1. The maximum absolute atomic E-state index is 11.7. The molecule has 1 fully saturated rings. The van der Waals surface area contributed by atoms with Crippen LogP contribution in [0.15, 0.2) is 69.9 Å². The van der Waals surface area contributed by atoms with E-state index in [4.69, 9.17) is 4.42 Å². The van der Waals surface area contributed by atoms with Gasteiger partial charge in [0, 0.05) is 48.4 Å². The van der Waals surface area contributed by atoms with E-state index in [9.17, 15) is 34.2 Å². The fourth-order valence-corrected chi connectivity index (χ4v) is 3.82. The van der Waals surface area contributed by atoms with Crippen molar-refractivity contribution in [3.05, 3.63) is 76.5 Å². The highest BCUT2D eigenvalue weighted by Crippen LogP contribution is 2.41. The van der Waals surface area contributed by atoms with Gasteiger partial charge in [0.1, 0.15) is 17.1 Å². The molecular weight excluding hydrogens is 558 g/mol. The zero-order valence-corrected chi connectivity index (χ0v) is 22.8. The number of benzene rings is 3.